The monoisotopic (exact) mass is 387 g/mol. The molecule has 1 aromatic carbocycles. The van der Waals surface area contributed by atoms with Gasteiger partial charge in [-0.15, -0.1) is 0 Å². The molecule has 1 amide bonds. The molecule has 3 rings (SSSR count). The first-order valence-corrected chi connectivity index (χ1v) is 9.87. The van der Waals surface area contributed by atoms with Crippen molar-refractivity contribution in [2.24, 2.45) is 5.41 Å². The van der Waals surface area contributed by atoms with Crippen LogP contribution < -0.4 is 10.2 Å². The molecule has 2 aromatic rings. The van der Waals surface area contributed by atoms with Crippen LogP contribution in [-0.4, -0.2) is 43.5 Å². The second-order valence-electron chi connectivity index (χ2n) is 8.55. The van der Waals surface area contributed by atoms with Crippen LogP contribution in [0, 0.1) is 11.2 Å². The number of furan rings is 1. The summed E-state index contributed by atoms with van der Waals surface area (Å²) in [5, 5.41) is 3.06. The number of anilines is 1. The maximum absolute atomic E-state index is 14.1. The summed E-state index contributed by atoms with van der Waals surface area (Å²) in [6.45, 7) is 9.67. The number of rotatable bonds is 6. The van der Waals surface area contributed by atoms with Gasteiger partial charge in [0.1, 0.15) is 11.6 Å². The summed E-state index contributed by atoms with van der Waals surface area (Å²) in [5.41, 5.74) is 0.602. The Bertz CT molecular complexity index is 762. The van der Waals surface area contributed by atoms with Gasteiger partial charge in [-0.2, -0.15) is 0 Å². The highest BCUT2D eigenvalue weighted by molar-refractivity contribution is 5.76. The standard InChI is InChI=1S/C22H30FN3O2/c1-22(2,3)15-21(27)24-16-19(20-9-6-14-28-20)26-12-10-25(11-13-26)18-8-5-4-7-17(18)23/h4-9,14,19H,10-13,15-16H2,1-3H3,(H,24,27). The van der Waals surface area contributed by atoms with Crippen LogP contribution in [0.15, 0.2) is 47.1 Å². The molecular weight excluding hydrogens is 357 g/mol. The molecule has 6 heteroatoms. The van der Waals surface area contributed by atoms with Crippen molar-refractivity contribution in [1.82, 2.24) is 10.2 Å². The Morgan fingerprint density at radius 3 is 2.46 bits per heavy atom. The van der Waals surface area contributed by atoms with Gasteiger partial charge in [0.05, 0.1) is 18.0 Å². The first-order valence-electron chi connectivity index (χ1n) is 9.87. The van der Waals surface area contributed by atoms with E-state index >= 15 is 0 Å². The molecule has 0 radical (unpaired) electrons. The lowest BCUT2D eigenvalue weighted by Gasteiger charge is -2.39. The number of amides is 1. The zero-order chi connectivity index (χ0) is 20.1. The Morgan fingerprint density at radius 1 is 1.14 bits per heavy atom. The molecule has 152 valence electrons. The number of nitrogens with zero attached hydrogens (tertiary/aromatic N) is 2. The molecule has 1 aromatic heterocycles. The van der Waals surface area contributed by atoms with Gasteiger partial charge in [0.25, 0.3) is 0 Å². The van der Waals surface area contributed by atoms with Gasteiger partial charge in [-0.25, -0.2) is 4.39 Å². The van der Waals surface area contributed by atoms with Gasteiger partial charge in [0.2, 0.25) is 5.91 Å². The number of halogens is 1. The Hall–Kier alpha value is -2.34. The van der Waals surface area contributed by atoms with E-state index in [4.69, 9.17) is 4.42 Å². The lowest BCUT2D eigenvalue weighted by molar-refractivity contribution is -0.123. The van der Waals surface area contributed by atoms with Crippen LogP contribution in [0.4, 0.5) is 10.1 Å². The third kappa shape index (κ3) is 5.35. The topological polar surface area (TPSA) is 48.7 Å². The number of benzene rings is 1. The zero-order valence-corrected chi connectivity index (χ0v) is 17.0. The van der Waals surface area contributed by atoms with Crippen molar-refractivity contribution < 1.29 is 13.6 Å². The fraction of sp³-hybridized carbons (Fsp3) is 0.500. The Labute approximate surface area is 166 Å². The van der Waals surface area contributed by atoms with Crippen molar-refractivity contribution in [3.8, 4) is 0 Å². The minimum Gasteiger partial charge on any atom is -0.468 e. The summed E-state index contributed by atoms with van der Waals surface area (Å²) in [5.74, 6) is 0.706. The van der Waals surface area contributed by atoms with Gasteiger partial charge < -0.3 is 14.6 Å². The number of hydrogen-bond acceptors (Lipinski definition) is 4. The van der Waals surface area contributed by atoms with Crippen LogP contribution in [0.1, 0.15) is 39.0 Å². The third-order valence-corrected chi connectivity index (χ3v) is 5.00. The molecule has 1 atom stereocenters. The molecule has 1 aliphatic rings. The van der Waals surface area contributed by atoms with Crippen molar-refractivity contribution in [2.45, 2.75) is 33.2 Å². The lowest BCUT2D eigenvalue weighted by atomic mass is 9.92. The van der Waals surface area contributed by atoms with Crippen molar-refractivity contribution in [3.63, 3.8) is 0 Å². The second-order valence-corrected chi connectivity index (χ2v) is 8.55. The number of para-hydroxylation sites is 1. The predicted octanol–water partition coefficient (Wildman–Crippen LogP) is 3.83. The van der Waals surface area contributed by atoms with E-state index in [-0.39, 0.29) is 23.2 Å². The molecule has 28 heavy (non-hydrogen) atoms. The van der Waals surface area contributed by atoms with Crippen molar-refractivity contribution in [2.75, 3.05) is 37.6 Å². The number of carbonyl (C=O) groups excluding carboxylic acids is 1. The first kappa shape index (κ1) is 20.4. The molecule has 1 saturated heterocycles. The average molecular weight is 387 g/mol. The van der Waals surface area contributed by atoms with Crippen LogP contribution in [0.25, 0.3) is 0 Å². The summed E-state index contributed by atoms with van der Waals surface area (Å²) in [4.78, 5) is 16.7. The fourth-order valence-corrected chi connectivity index (χ4v) is 3.63. The van der Waals surface area contributed by atoms with E-state index < -0.39 is 0 Å². The normalized spacial score (nSPS) is 16.8. The largest absolute Gasteiger partial charge is 0.468 e. The van der Waals surface area contributed by atoms with E-state index in [1.807, 2.05) is 24.3 Å². The van der Waals surface area contributed by atoms with Crippen LogP contribution in [0.2, 0.25) is 0 Å². The molecule has 0 saturated carbocycles. The first-order chi connectivity index (χ1) is 13.3. The van der Waals surface area contributed by atoms with Gasteiger partial charge in [-0.3, -0.25) is 9.69 Å². The molecule has 1 unspecified atom stereocenters. The molecule has 1 aliphatic heterocycles. The molecule has 2 heterocycles. The van der Waals surface area contributed by atoms with Crippen LogP contribution in [0.3, 0.4) is 0 Å². The van der Waals surface area contributed by atoms with E-state index in [9.17, 15) is 9.18 Å². The maximum atomic E-state index is 14.1. The van der Waals surface area contributed by atoms with Gasteiger partial charge in [-0.05, 0) is 29.7 Å². The van der Waals surface area contributed by atoms with E-state index in [0.717, 1.165) is 31.9 Å². The molecule has 0 aliphatic carbocycles. The van der Waals surface area contributed by atoms with E-state index in [0.29, 0.717) is 18.7 Å². The van der Waals surface area contributed by atoms with Gasteiger partial charge in [0, 0.05) is 39.1 Å². The predicted molar refractivity (Wildman–Crippen MR) is 109 cm³/mol. The van der Waals surface area contributed by atoms with Crippen molar-refractivity contribution >= 4 is 11.6 Å². The summed E-state index contributed by atoms with van der Waals surface area (Å²) >= 11 is 0. The van der Waals surface area contributed by atoms with E-state index in [1.54, 1.807) is 12.3 Å². The molecule has 0 spiro atoms. The van der Waals surface area contributed by atoms with Crippen LogP contribution in [0.5, 0.6) is 0 Å². The highest BCUT2D eigenvalue weighted by Crippen LogP contribution is 2.26. The fourth-order valence-electron chi connectivity index (χ4n) is 3.63. The quantitative estimate of drug-likeness (QED) is 0.818. The average Bonchev–Trinajstić information content (AvgIpc) is 3.16. The zero-order valence-electron chi connectivity index (χ0n) is 17.0. The molecule has 1 fully saturated rings. The van der Waals surface area contributed by atoms with Gasteiger partial charge >= 0.3 is 0 Å². The minimum absolute atomic E-state index is 0.0262. The molecular formula is C22H30FN3O2. The second kappa shape index (κ2) is 8.78. The van der Waals surface area contributed by atoms with Crippen molar-refractivity contribution in [1.29, 1.82) is 0 Å². The summed E-state index contributed by atoms with van der Waals surface area (Å²) in [7, 11) is 0. The van der Waals surface area contributed by atoms with Crippen LogP contribution in [-0.2, 0) is 4.79 Å². The SMILES string of the molecule is CC(C)(C)CC(=O)NCC(c1ccco1)N1CCN(c2ccccc2F)CC1. The Balaban J connectivity index is 1.62. The highest BCUT2D eigenvalue weighted by atomic mass is 19.1. The Kier molecular flexibility index (Phi) is 6.39. The Morgan fingerprint density at radius 2 is 1.86 bits per heavy atom. The summed E-state index contributed by atoms with van der Waals surface area (Å²) < 4.78 is 19.7. The van der Waals surface area contributed by atoms with E-state index in [1.165, 1.54) is 6.07 Å². The number of carbonyl (C=O) groups is 1. The number of piperazine rings is 1. The summed E-state index contributed by atoms with van der Waals surface area (Å²) in [6.07, 6.45) is 2.15. The maximum Gasteiger partial charge on any atom is 0.220 e. The van der Waals surface area contributed by atoms with Gasteiger partial charge in [0.15, 0.2) is 0 Å². The van der Waals surface area contributed by atoms with E-state index in [2.05, 4.69) is 35.9 Å². The minimum atomic E-state index is -0.187. The number of hydrogen-bond donors (Lipinski definition) is 1. The van der Waals surface area contributed by atoms with Gasteiger partial charge in [-0.1, -0.05) is 32.9 Å². The molecule has 5 nitrogen and oxygen atoms in total. The van der Waals surface area contributed by atoms with Crippen LogP contribution >= 0.6 is 0 Å². The molecule has 0 bridgehead atoms. The third-order valence-electron chi connectivity index (χ3n) is 5.00. The molecule has 1 N–H and O–H groups in total. The summed E-state index contributed by atoms with van der Waals surface area (Å²) in [6, 6.07) is 10.7. The highest BCUT2D eigenvalue weighted by Gasteiger charge is 2.28. The smallest absolute Gasteiger partial charge is 0.220 e. The lowest BCUT2D eigenvalue weighted by Crippen LogP contribution is -2.50. The van der Waals surface area contributed by atoms with Crippen molar-refractivity contribution in [3.05, 3.63) is 54.2 Å². The number of nitrogens with one attached hydrogen (secondary N) is 1.